The number of rotatable bonds is 3. The molecule has 25 heavy (non-hydrogen) atoms. The fraction of sp³-hybridized carbons (Fsp3) is 0.375. The number of nitrogens with zero attached hydrogens (tertiary/aromatic N) is 1. The number of carbonyl (C=O) groups is 1. The Labute approximate surface area is 141 Å². The Morgan fingerprint density at radius 3 is 2.80 bits per heavy atom. The van der Waals surface area contributed by atoms with Crippen LogP contribution in [-0.2, 0) is 16.0 Å². The van der Waals surface area contributed by atoms with E-state index in [1.54, 1.807) is 6.07 Å². The van der Waals surface area contributed by atoms with Crippen LogP contribution in [0.3, 0.4) is 0 Å². The summed E-state index contributed by atoms with van der Waals surface area (Å²) >= 11 is 0. The summed E-state index contributed by atoms with van der Waals surface area (Å²) in [6.45, 7) is 1.48. The third kappa shape index (κ3) is 2.72. The SMILES string of the molecule is COC(=O)[C@@H]1[C@H](c2cccc([N+](=O)[O-])c2)c2c([nH][nH]c2=O)C[C@@]1(C)O. The number of nitro groups is 1. The number of ether oxygens (including phenoxy) is 1. The van der Waals surface area contributed by atoms with Crippen LogP contribution in [0, 0.1) is 16.0 Å². The molecule has 3 N–H and O–H groups in total. The predicted octanol–water partition coefficient (Wildman–Crippen LogP) is 0.839. The minimum Gasteiger partial charge on any atom is -0.469 e. The van der Waals surface area contributed by atoms with E-state index in [2.05, 4.69) is 10.2 Å². The van der Waals surface area contributed by atoms with Gasteiger partial charge in [0.2, 0.25) is 0 Å². The van der Waals surface area contributed by atoms with E-state index in [-0.39, 0.29) is 17.7 Å². The standard InChI is InChI=1S/C16H17N3O6/c1-16(22)7-10-12(14(20)18-17-10)11(13(16)15(21)25-2)8-4-3-5-9(6-8)19(23)24/h3-6,11,13,22H,7H2,1-2H3,(H2,17,18,20)/t11-,13+,16-/m1/s1. The number of aromatic amines is 2. The van der Waals surface area contributed by atoms with Crippen molar-refractivity contribution in [2.45, 2.75) is 24.9 Å². The Bertz CT molecular complexity index is 897. The molecule has 0 bridgehead atoms. The van der Waals surface area contributed by atoms with Crippen molar-refractivity contribution in [1.82, 2.24) is 10.2 Å². The van der Waals surface area contributed by atoms with Crippen LogP contribution in [0.15, 0.2) is 29.1 Å². The van der Waals surface area contributed by atoms with Crippen molar-refractivity contribution >= 4 is 11.7 Å². The van der Waals surface area contributed by atoms with Crippen molar-refractivity contribution < 1.29 is 19.6 Å². The van der Waals surface area contributed by atoms with Gasteiger partial charge >= 0.3 is 5.97 Å². The van der Waals surface area contributed by atoms with E-state index in [1.165, 1.54) is 32.2 Å². The van der Waals surface area contributed by atoms with Gasteiger partial charge in [-0.15, -0.1) is 0 Å². The summed E-state index contributed by atoms with van der Waals surface area (Å²) in [5.41, 5.74) is -0.971. The van der Waals surface area contributed by atoms with Crippen LogP contribution in [0.1, 0.15) is 29.7 Å². The minimum absolute atomic E-state index is 0.0479. The molecule has 1 aromatic heterocycles. The maximum atomic E-state index is 12.4. The average molecular weight is 347 g/mol. The zero-order valence-corrected chi connectivity index (χ0v) is 13.6. The summed E-state index contributed by atoms with van der Waals surface area (Å²) in [5.74, 6) is -2.64. The smallest absolute Gasteiger partial charge is 0.312 e. The molecule has 1 aromatic carbocycles. The molecule has 9 heteroatoms. The predicted molar refractivity (Wildman–Crippen MR) is 86.2 cm³/mol. The highest BCUT2D eigenvalue weighted by molar-refractivity contribution is 5.77. The molecule has 132 valence electrons. The van der Waals surface area contributed by atoms with Crippen LogP contribution in [0.5, 0.6) is 0 Å². The van der Waals surface area contributed by atoms with Crippen molar-refractivity contribution in [1.29, 1.82) is 0 Å². The molecule has 0 spiro atoms. The van der Waals surface area contributed by atoms with Crippen LogP contribution in [0.2, 0.25) is 0 Å². The fourth-order valence-electron chi connectivity index (χ4n) is 3.57. The first kappa shape index (κ1) is 16.9. The Hall–Kier alpha value is -2.94. The number of nitrogens with one attached hydrogen (secondary N) is 2. The van der Waals surface area contributed by atoms with E-state index in [0.717, 1.165) is 0 Å². The second-order valence-corrected chi connectivity index (χ2v) is 6.34. The van der Waals surface area contributed by atoms with Crippen molar-refractivity contribution in [3.05, 3.63) is 61.6 Å². The topological polar surface area (TPSA) is 138 Å². The molecule has 0 saturated heterocycles. The number of non-ortho nitro benzene ring substituents is 1. The lowest BCUT2D eigenvalue weighted by molar-refractivity contribution is -0.384. The van der Waals surface area contributed by atoms with Gasteiger partial charge < -0.3 is 14.9 Å². The molecule has 2 aromatic rings. The van der Waals surface area contributed by atoms with Crippen LogP contribution in [-0.4, -0.2) is 38.9 Å². The van der Waals surface area contributed by atoms with Crippen molar-refractivity contribution in [3.8, 4) is 0 Å². The van der Waals surface area contributed by atoms with Crippen LogP contribution >= 0.6 is 0 Å². The van der Waals surface area contributed by atoms with Gasteiger partial charge in [0.25, 0.3) is 11.2 Å². The molecule has 0 unspecified atom stereocenters. The number of methoxy groups -OCH3 is 1. The molecule has 1 aliphatic carbocycles. The van der Waals surface area contributed by atoms with E-state index in [9.17, 15) is 24.8 Å². The summed E-state index contributed by atoms with van der Waals surface area (Å²) < 4.78 is 4.83. The highest BCUT2D eigenvalue weighted by Crippen LogP contribution is 2.44. The first-order chi connectivity index (χ1) is 11.8. The van der Waals surface area contributed by atoms with Gasteiger partial charge in [-0.2, -0.15) is 0 Å². The first-order valence-electron chi connectivity index (χ1n) is 7.60. The van der Waals surface area contributed by atoms with Crippen LogP contribution < -0.4 is 5.56 Å². The van der Waals surface area contributed by atoms with Gasteiger partial charge in [-0.05, 0) is 12.5 Å². The molecular formula is C16H17N3O6. The number of benzene rings is 1. The molecular weight excluding hydrogens is 330 g/mol. The molecule has 1 aliphatic rings. The number of esters is 1. The van der Waals surface area contributed by atoms with E-state index in [0.29, 0.717) is 11.3 Å². The Kier molecular flexibility index (Phi) is 3.96. The largest absolute Gasteiger partial charge is 0.469 e. The van der Waals surface area contributed by atoms with Gasteiger partial charge in [-0.1, -0.05) is 12.1 Å². The first-order valence-corrected chi connectivity index (χ1v) is 7.60. The third-order valence-corrected chi connectivity index (χ3v) is 4.64. The van der Waals surface area contributed by atoms with E-state index >= 15 is 0 Å². The zero-order chi connectivity index (χ0) is 18.4. The van der Waals surface area contributed by atoms with Crippen molar-refractivity contribution in [2.24, 2.45) is 5.92 Å². The van der Waals surface area contributed by atoms with E-state index < -0.39 is 33.9 Å². The minimum atomic E-state index is -1.50. The zero-order valence-electron chi connectivity index (χ0n) is 13.6. The van der Waals surface area contributed by atoms with Crippen LogP contribution in [0.4, 0.5) is 5.69 Å². The number of nitro benzene ring substituents is 1. The normalized spacial score (nSPS) is 25.2. The summed E-state index contributed by atoms with van der Waals surface area (Å²) in [7, 11) is 1.19. The number of aromatic nitrogens is 2. The molecule has 0 amide bonds. The molecule has 0 aliphatic heterocycles. The Morgan fingerprint density at radius 1 is 1.44 bits per heavy atom. The summed E-state index contributed by atoms with van der Waals surface area (Å²) in [6, 6.07) is 5.69. The summed E-state index contributed by atoms with van der Waals surface area (Å²) in [6.07, 6.45) is 0.0479. The van der Waals surface area contributed by atoms with Gasteiger partial charge in [-0.25, -0.2) is 0 Å². The van der Waals surface area contributed by atoms with Crippen molar-refractivity contribution in [2.75, 3.05) is 7.11 Å². The number of H-pyrrole nitrogens is 2. The summed E-state index contributed by atoms with van der Waals surface area (Å²) in [5, 5.41) is 27.1. The molecule has 0 saturated carbocycles. The van der Waals surface area contributed by atoms with Gasteiger partial charge in [-0.3, -0.25) is 24.8 Å². The number of hydrogen-bond donors (Lipinski definition) is 3. The molecule has 0 fully saturated rings. The maximum absolute atomic E-state index is 12.4. The Balaban J connectivity index is 2.26. The van der Waals surface area contributed by atoms with Gasteiger partial charge in [0.05, 0.1) is 23.6 Å². The lowest BCUT2D eigenvalue weighted by Gasteiger charge is -2.40. The maximum Gasteiger partial charge on any atom is 0.312 e. The lowest BCUT2D eigenvalue weighted by Crippen LogP contribution is -2.49. The Morgan fingerprint density at radius 2 is 2.16 bits per heavy atom. The third-order valence-electron chi connectivity index (χ3n) is 4.64. The van der Waals surface area contributed by atoms with Crippen LogP contribution in [0.25, 0.3) is 0 Å². The highest BCUT2D eigenvalue weighted by Gasteiger charge is 2.51. The van der Waals surface area contributed by atoms with Crippen molar-refractivity contribution in [3.63, 3.8) is 0 Å². The monoisotopic (exact) mass is 347 g/mol. The average Bonchev–Trinajstić information content (AvgIpc) is 2.92. The van der Waals surface area contributed by atoms with E-state index in [1.807, 2.05) is 0 Å². The van der Waals surface area contributed by atoms with Gasteiger partial charge in [0, 0.05) is 35.7 Å². The number of hydrogen-bond acceptors (Lipinski definition) is 6. The molecule has 0 radical (unpaired) electrons. The van der Waals surface area contributed by atoms with Gasteiger partial charge in [0.1, 0.15) is 0 Å². The second-order valence-electron chi connectivity index (χ2n) is 6.34. The van der Waals surface area contributed by atoms with Gasteiger partial charge in [0.15, 0.2) is 0 Å². The van der Waals surface area contributed by atoms with E-state index in [4.69, 9.17) is 4.74 Å². The lowest BCUT2D eigenvalue weighted by atomic mass is 9.66. The molecule has 9 nitrogen and oxygen atoms in total. The molecule has 1 heterocycles. The molecule has 3 rings (SSSR count). The molecule has 3 atom stereocenters. The summed E-state index contributed by atoms with van der Waals surface area (Å²) in [4.78, 5) is 35.2. The number of carbonyl (C=O) groups excluding carboxylic acids is 1. The quantitative estimate of drug-likeness (QED) is 0.427. The highest BCUT2D eigenvalue weighted by atomic mass is 16.6. The fourth-order valence-corrected chi connectivity index (χ4v) is 3.57. The number of fused-ring (bicyclic) bond motifs is 1. The second kappa shape index (κ2) is 5.85. The number of aliphatic hydroxyl groups is 1.